The van der Waals surface area contributed by atoms with E-state index >= 15 is 0 Å². The minimum Gasteiger partial charge on any atom is -0.472 e. The number of carbonyl (C=O) groups is 2. The van der Waals surface area contributed by atoms with Crippen LogP contribution in [0.3, 0.4) is 0 Å². The maximum absolute atomic E-state index is 12.4. The lowest BCUT2D eigenvalue weighted by Gasteiger charge is -2.26. The number of hydrogen-bond acceptors (Lipinski definition) is 5. The molecular formula is C18H22N4O3. The van der Waals surface area contributed by atoms with Crippen LogP contribution in [-0.4, -0.2) is 58.8 Å². The smallest absolute Gasteiger partial charge is 0.257 e. The summed E-state index contributed by atoms with van der Waals surface area (Å²) in [6.45, 7) is 4.57. The second-order valence-corrected chi connectivity index (χ2v) is 6.07. The van der Waals surface area contributed by atoms with Gasteiger partial charge in [-0.2, -0.15) is 0 Å². The Morgan fingerprint density at radius 2 is 2.08 bits per heavy atom. The molecule has 0 bridgehead atoms. The van der Waals surface area contributed by atoms with E-state index in [9.17, 15) is 9.59 Å². The molecule has 0 aliphatic carbocycles. The van der Waals surface area contributed by atoms with E-state index in [2.05, 4.69) is 15.2 Å². The van der Waals surface area contributed by atoms with Crippen LogP contribution in [0.15, 0.2) is 47.4 Å². The normalized spacial score (nSPS) is 16.9. The van der Waals surface area contributed by atoms with Gasteiger partial charge in [-0.1, -0.05) is 6.07 Å². The number of hydrogen-bond donors (Lipinski definition) is 1. The van der Waals surface area contributed by atoms with E-state index < -0.39 is 0 Å². The Kier molecular flexibility index (Phi) is 5.45. The van der Waals surface area contributed by atoms with Crippen molar-refractivity contribution in [1.82, 2.24) is 14.8 Å². The number of nitrogens with zero attached hydrogens (tertiary/aromatic N) is 3. The van der Waals surface area contributed by atoms with Gasteiger partial charge in [-0.3, -0.25) is 14.5 Å². The van der Waals surface area contributed by atoms with Gasteiger partial charge in [-0.05, 0) is 31.5 Å². The van der Waals surface area contributed by atoms with Crippen LogP contribution in [0.5, 0.6) is 0 Å². The van der Waals surface area contributed by atoms with E-state index in [1.165, 1.54) is 12.5 Å². The molecule has 1 aliphatic heterocycles. The van der Waals surface area contributed by atoms with E-state index in [1.807, 2.05) is 17.9 Å². The minimum absolute atomic E-state index is 0.0267. The first kappa shape index (κ1) is 17.2. The summed E-state index contributed by atoms with van der Waals surface area (Å²) in [7, 11) is 0. The summed E-state index contributed by atoms with van der Waals surface area (Å²) in [5.41, 5.74) is 0.564. The van der Waals surface area contributed by atoms with Crippen molar-refractivity contribution in [3.63, 3.8) is 0 Å². The molecule has 1 aliphatic rings. The lowest BCUT2D eigenvalue weighted by atomic mass is 10.2. The number of aromatic nitrogens is 1. The van der Waals surface area contributed by atoms with Crippen LogP contribution >= 0.6 is 0 Å². The highest BCUT2D eigenvalue weighted by Gasteiger charge is 2.26. The monoisotopic (exact) mass is 342 g/mol. The molecule has 2 aromatic rings. The van der Waals surface area contributed by atoms with Gasteiger partial charge in [-0.15, -0.1) is 0 Å². The number of nitrogens with one attached hydrogen (secondary N) is 1. The lowest BCUT2D eigenvalue weighted by Crippen LogP contribution is -2.44. The second-order valence-electron chi connectivity index (χ2n) is 6.07. The number of pyridine rings is 1. The van der Waals surface area contributed by atoms with Crippen LogP contribution < -0.4 is 5.32 Å². The topological polar surface area (TPSA) is 78.7 Å². The van der Waals surface area contributed by atoms with Crippen LogP contribution in [0.25, 0.3) is 0 Å². The third-order valence-electron chi connectivity index (χ3n) is 4.43. The third-order valence-corrected chi connectivity index (χ3v) is 4.43. The summed E-state index contributed by atoms with van der Waals surface area (Å²) in [6, 6.07) is 6.79. The van der Waals surface area contributed by atoms with Crippen molar-refractivity contribution in [2.45, 2.75) is 19.4 Å². The summed E-state index contributed by atoms with van der Waals surface area (Å²) in [5.74, 6) is 0.431. The van der Waals surface area contributed by atoms with Crippen LogP contribution in [0.2, 0.25) is 0 Å². The molecule has 0 radical (unpaired) electrons. The molecule has 1 unspecified atom stereocenters. The van der Waals surface area contributed by atoms with E-state index in [0.29, 0.717) is 31.0 Å². The quantitative estimate of drug-likeness (QED) is 0.917. The summed E-state index contributed by atoms with van der Waals surface area (Å²) in [4.78, 5) is 32.9. The van der Waals surface area contributed by atoms with Crippen molar-refractivity contribution >= 4 is 17.6 Å². The highest BCUT2D eigenvalue weighted by Crippen LogP contribution is 2.12. The Morgan fingerprint density at radius 3 is 2.80 bits per heavy atom. The lowest BCUT2D eigenvalue weighted by molar-refractivity contribution is -0.120. The SMILES string of the molecule is CC(C(=O)Nc1ccccn1)N1CCCN(C(=O)c2ccoc2)CC1. The molecule has 3 heterocycles. The number of furan rings is 1. The third kappa shape index (κ3) is 4.24. The molecule has 25 heavy (non-hydrogen) atoms. The van der Waals surface area contributed by atoms with Crippen molar-refractivity contribution < 1.29 is 14.0 Å². The minimum atomic E-state index is -0.286. The molecule has 1 saturated heterocycles. The molecule has 7 heteroatoms. The van der Waals surface area contributed by atoms with Gasteiger partial charge in [0.1, 0.15) is 12.1 Å². The fraction of sp³-hybridized carbons (Fsp3) is 0.389. The Bertz CT molecular complexity index is 702. The van der Waals surface area contributed by atoms with Crippen molar-refractivity contribution in [3.8, 4) is 0 Å². The van der Waals surface area contributed by atoms with Gasteiger partial charge in [0.05, 0.1) is 17.9 Å². The number of carbonyl (C=O) groups excluding carboxylic acids is 2. The van der Waals surface area contributed by atoms with Crippen LogP contribution in [0, 0.1) is 0 Å². The molecule has 132 valence electrons. The van der Waals surface area contributed by atoms with Crippen molar-refractivity contribution in [2.24, 2.45) is 0 Å². The molecule has 0 spiro atoms. The van der Waals surface area contributed by atoms with Crippen molar-refractivity contribution in [1.29, 1.82) is 0 Å². The summed E-state index contributed by atoms with van der Waals surface area (Å²) in [6.07, 6.45) is 5.44. The average Bonchev–Trinajstić information content (AvgIpc) is 3.06. The zero-order chi connectivity index (χ0) is 17.6. The van der Waals surface area contributed by atoms with E-state index in [0.717, 1.165) is 13.0 Å². The highest BCUT2D eigenvalue weighted by molar-refractivity contribution is 5.94. The number of amides is 2. The van der Waals surface area contributed by atoms with Gasteiger partial charge in [0, 0.05) is 32.4 Å². The second kappa shape index (κ2) is 7.94. The van der Waals surface area contributed by atoms with E-state index in [-0.39, 0.29) is 17.9 Å². The molecule has 2 aromatic heterocycles. The van der Waals surface area contributed by atoms with Gasteiger partial charge in [0.15, 0.2) is 0 Å². The van der Waals surface area contributed by atoms with Gasteiger partial charge in [-0.25, -0.2) is 4.98 Å². The predicted molar refractivity (Wildman–Crippen MR) is 93.1 cm³/mol. The first-order chi connectivity index (χ1) is 12.1. The van der Waals surface area contributed by atoms with Gasteiger partial charge >= 0.3 is 0 Å². The molecule has 0 saturated carbocycles. The molecule has 3 rings (SSSR count). The largest absolute Gasteiger partial charge is 0.472 e. The molecule has 1 atom stereocenters. The van der Waals surface area contributed by atoms with Gasteiger partial charge in [0.2, 0.25) is 5.91 Å². The fourth-order valence-corrected chi connectivity index (χ4v) is 2.93. The zero-order valence-electron chi connectivity index (χ0n) is 14.2. The maximum Gasteiger partial charge on any atom is 0.257 e. The van der Waals surface area contributed by atoms with Crippen molar-refractivity contribution in [2.75, 3.05) is 31.5 Å². The molecule has 0 aromatic carbocycles. The number of rotatable bonds is 4. The van der Waals surface area contributed by atoms with Crippen LogP contribution in [0.1, 0.15) is 23.7 Å². The molecule has 7 nitrogen and oxygen atoms in total. The van der Waals surface area contributed by atoms with E-state index in [1.54, 1.807) is 24.4 Å². The standard InChI is InChI=1S/C18H22N4O3/c1-14(17(23)20-16-5-2-3-7-19-16)21-8-4-9-22(11-10-21)18(24)15-6-12-25-13-15/h2-3,5-7,12-14H,4,8-11H2,1H3,(H,19,20,23). The summed E-state index contributed by atoms with van der Waals surface area (Å²) in [5, 5.41) is 2.83. The fourth-order valence-electron chi connectivity index (χ4n) is 2.93. The van der Waals surface area contributed by atoms with Crippen LogP contribution in [-0.2, 0) is 4.79 Å². The summed E-state index contributed by atoms with van der Waals surface area (Å²) < 4.78 is 4.99. The molecular weight excluding hydrogens is 320 g/mol. The Morgan fingerprint density at radius 1 is 1.20 bits per heavy atom. The number of anilines is 1. The van der Waals surface area contributed by atoms with Crippen molar-refractivity contribution in [3.05, 3.63) is 48.6 Å². The Labute approximate surface area is 146 Å². The highest BCUT2D eigenvalue weighted by atomic mass is 16.3. The first-order valence-corrected chi connectivity index (χ1v) is 8.42. The van der Waals surface area contributed by atoms with Crippen LogP contribution in [0.4, 0.5) is 5.82 Å². The molecule has 1 fully saturated rings. The van der Waals surface area contributed by atoms with Gasteiger partial charge < -0.3 is 14.6 Å². The van der Waals surface area contributed by atoms with Gasteiger partial charge in [0.25, 0.3) is 5.91 Å². The first-order valence-electron chi connectivity index (χ1n) is 8.42. The Balaban J connectivity index is 1.57. The average molecular weight is 342 g/mol. The Hall–Kier alpha value is -2.67. The predicted octanol–water partition coefficient (Wildman–Crippen LogP) is 1.85. The molecule has 2 amide bonds. The zero-order valence-corrected chi connectivity index (χ0v) is 14.2. The van der Waals surface area contributed by atoms with E-state index in [4.69, 9.17) is 4.42 Å². The maximum atomic E-state index is 12.4. The molecule has 1 N–H and O–H groups in total. The summed E-state index contributed by atoms with van der Waals surface area (Å²) >= 11 is 0.